The van der Waals surface area contributed by atoms with Crippen molar-refractivity contribution in [1.29, 1.82) is 0 Å². The third-order valence-electron chi connectivity index (χ3n) is 6.19. The summed E-state index contributed by atoms with van der Waals surface area (Å²) in [5, 5.41) is 4.45. The lowest BCUT2D eigenvalue weighted by molar-refractivity contribution is -0.136. The molecule has 1 amide bonds. The molecular formula is C23H33FN4O2. The van der Waals surface area contributed by atoms with Crippen LogP contribution in [0.3, 0.4) is 0 Å². The summed E-state index contributed by atoms with van der Waals surface area (Å²) in [5.41, 5.74) is 2.95. The number of hydrogen-bond acceptors (Lipinski definition) is 4. The van der Waals surface area contributed by atoms with Gasteiger partial charge in [0.05, 0.1) is 5.69 Å². The molecule has 30 heavy (non-hydrogen) atoms. The first kappa shape index (κ1) is 22.4. The van der Waals surface area contributed by atoms with Gasteiger partial charge in [-0.2, -0.15) is 5.10 Å². The van der Waals surface area contributed by atoms with Gasteiger partial charge in [0, 0.05) is 51.6 Å². The molecule has 6 nitrogen and oxygen atoms in total. The molecule has 2 heterocycles. The van der Waals surface area contributed by atoms with E-state index in [0.717, 1.165) is 43.7 Å². The van der Waals surface area contributed by atoms with Crippen LogP contribution >= 0.6 is 0 Å². The Morgan fingerprint density at radius 2 is 2.00 bits per heavy atom. The molecule has 1 aliphatic heterocycles. The quantitative estimate of drug-likeness (QED) is 0.664. The second-order valence-electron chi connectivity index (χ2n) is 8.34. The van der Waals surface area contributed by atoms with Crippen molar-refractivity contribution in [3.63, 3.8) is 0 Å². The Kier molecular flexibility index (Phi) is 7.61. The molecule has 0 saturated carbocycles. The first-order valence-electron chi connectivity index (χ1n) is 10.6. The van der Waals surface area contributed by atoms with Crippen molar-refractivity contribution in [3.8, 4) is 0 Å². The molecule has 0 spiro atoms. The van der Waals surface area contributed by atoms with E-state index in [0.29, 0.717) is 12.3 Å². The van der Waals surface area contributed by atoms with Gasteiger partial charge in [0.15, 0.2) is 0 Å². The van der Waals surface area contributed by atoms with Crippen molar-refractivity contribution < 1.29 is 13.9 Å². The van der Waals surface area contributed by atoms with Crippen molar-refractivity contribution in [1.82, 2.24) is 19.6 Å². The number of ether oxygens (including phenoxy) is 1. The van der Waals surface area contributed by atoms with Crippen LogP contribution < -0.4 is 0 Å². The molecule has 0 aliphatic carbocycles. The summed E-state index contributed by atoms with van der Waals surface area (Å²) in [4.78, 5) is 16.4. The van der Waals surface area contributed by atoms with Crippen LogP contribution in [0.15, 0.2) is 30.5 Å². The largest absolute Gasteiger partial charge is 0.375 e. The fraction of sp³-hybridized carbons (Fsp3) is 0.565. The Labute approximate surface area is 178 Å². The molecule has 1 unspecified atom stereocenters. The van der Waals surface area contributed by atoms with Crippen molar-refractivity contribution >= 4 is 5.91 Å². The summed E-state index contributed by atoms with van der Waals surface area (Å²) < 4.78 is 21.3. The lowest BCUT2D eigenvalue weighted by atomic mass is 9.84. The van der Waals surface area contributed by atoms with Gasteiger partial charge < -0.3 is 9.64 Å². The molecule has 1 atom stereocenters. The maximum Gasteiger partial charge on any atom is 0.248 e. The Bertz CT molecular complexity index is 845. The number of nitrogens with zero attached hydrogens (tertiary/aromatic N) is 4. The molecule has 7 heteroatoms. The van der Waals surface area contributed by atoms with Crippen LogP contribution in [0.1, 0.15) is 29.7 Å². The average Bonchev–Trinajstić information content (AvgIpc) is 3.04. The summed E-state index contributed by atoms with van der Waals surface area (Å²) in [7, 11) is 5.59. The summed E-state index contributed by atoms with van der Waals surface area (Å²) >= 11 is 0. The lowest BCUT2D eigenvalue weighted by Gasteiger charge is -2.40. The van der Waals surface area contributed by atoms with E-state index >= 15 is 0 Å². The van der Waals surface area contributed by atoms with E-state index in [2.05, 4.69) is 23.2 Å². The van der Waals surface area contributed by atoms with Gasteiger partial charge in [-0.25, -0.2) is 4.39 Å². The van der Waals surface area contributed by atoms with Crippen LogP contribution in [0.4, 0.5) is 4.39 Å². The first-order chi connectivity index (χ1) is 14.4. The van der Waals surface area contributed by atoms with Crippen LogP contribution in [-0.2, 0) is 29.5 Å². The number of benzene rings is 1. The third kappa shape index (κ3) is 5.46. The van der Waals surface area contributed by atoms with Gasteiger partial charge in [0.25, 0.3) is 0 Å². The number of amides is 1. The molecule has 0 bridgehead atoms. The molecule has 1 aromatic heterocycles. The smallest absolute Gasteiger partial charge is 0.248 e. The highest BCUT2D eigenvalue weighted by Crippen LogP contribution is 2.28. The van der Waals surface area contributed by atoms with Crippen LogP contribution in [0, 0.1) is 18.7 Å². The van der Waals surface area contributed by atoms with Gasteiger partial charge in [0.2, 0.25) is 5.91 Å². The monoisotopic (exact) mass is 416 g/mol. The van der Waals surface area contributed by atoms with Crippen molar-refractivity contribution in [3.05, 3.63) is 53.1 Å². The number of likely N-dealkylation sites (tertiary alicyclic amines) is 1. The molecule has 1 aromatic carbocycles. The Morgan fingerprint density at radius 3 is 2.60 bits per heavy atom. The number of rotatable bonds is 8. The summed E-state index contributed by atoms with van der Waals surface area (Å²) in [5.74, 6) is 0.278. The van der Waals surface area contributed by atoms with Gasteiger partial charge in [-0.3, -0.25) is 14.4 Å². The van der Waals surface area contributed by atoms with E-state index in [1.807, 2.05) is 35.7 Å². The van der Waals surface area contributed by atoms with E-state index in [9.17, 15) is 9.18 Å². The minimum atomic E-state index is -0.152. The van der Waals surface area contributed by atoms with Crippen LogP contribution in [-0.4, -0.2) is 65.4 Å². The maximum atomic E-state index is 14.4. The van der Waals surface area contributed by atoms with E-state index in [4.69, 9.17) is 4.74 Å². The van der Waals surface area contributed by atoms with E-state index in [1.54, 1.807) is 13.2 Å². The SMILES string of the molecule is COCC(=O)N1CCC(C(Cc2ccccc2F)N(C)Cc2cn(C)nc2C)CC1. The zero-order valence-electron chi connectivity index (χ0n) is 18.5. The summed E-state index contributed by atoms with van der Waals surface area (Å²) in [6.45, 7) is 4.36. The minimum absolute atomic E-state index is 0.0425. The van der Waals surface area contributed by atoms with Gasteiger partial charge in [-0.05, 0) is 50.8 Å². The number of aromatic nitrogens is 2. The number of hydrogen-bond donors (Lipinski definition) is 0. The molecule has 1 fully saturated rings. The standard InChI is InChI=1S/C23H33FN4O2/c1-17-20(15-27(3)25-17)14-26(2)22(13-19-7-5-6-8-21(19)24)18-9-11-28(12-10-18)23(29)16-30-4/h5-8,15,18,22H,9-14,16H2,1-4H3. The molecule has 1 aliphatic rings. The molecule has 3 rings (SSSR count). The number of carbonyl (C=O) groups excluding carboxylic acids is 1. The van der Waals surface area contributed by atoms with Crippen LogP contribution in [0.2, 0.25) is 0 Å². The predicted octanol–water partition coefficient (Wildman–Crippen LogP) is 2.80. The molecule has 0 N–H and O–H groups in total. The minimum Gasteiger partial charge on any atom is -0.375 e. The van der Waals surface area contributed by atoms with Gasteiger partial charge >= 0.3 is 0 Å². The molecule has 0 radical (unpaired) electrons. The van der Waals surface area contributed by atoms with E-state index in [1.165, 1.54) is 11.6 Å². The van der Waals surface area contributed by atoms with Gasteiger partial charge in [-0.1, -0.05) is 18.2 Å². The molecule has 1 saturated heterocycles. The number of carbonyl (C=O) groups is 1. The van der Waals surface area contributed by atoms with Crippen LogP contribution in [0.5, 0.6) is 0 Å². The van der Waals surface area contributed by atoms with E-state index < -0.39 is 0 Å². The van der Waals surface area contributed by atoms with Gasteiger partial charge in [-0.15, -0.1) is 0 Å². The van der Waals surface area contributed by atoms with Crippen LogP contribution in [0.25, 0.3) is 0 Å². The normalized spacial score (nSPS) is 16.3. The average molecular weight is 417 g/mol. The molecule has 164 valence electrons. The predicted molar refractivity (Wildman–Crippen MR) is 114 cm³/mol. The molecule has 2 aromatic rings. The highest BCUT2D eigenvalue weighted by molar-refractivity contribution is 5.77. The maximum absolute atomic E-state index is 14.4. The van der Waals surface area contributed by atoms with Crippen molar-refractivity contribution in [2.45, 2.75) is 38.8 Å². The second-order valence-corrected chi connectivity index (χ2v) is 8.34. The summed E-state index contributed by atoms with van der Waals surface area (Å²) in [6, 6.07) is 7.22. The Balaban J connectivity index is 1.75. The highest BCUT2D eigenvalue weighted by Gasteiger charge is 2.31. The van der Waals surface area contributed by atoms with Gasteiger partial charge in [0.1, 0.15) is 12.4 Å². The topological polar surface area (TPSA) is 50.6 Å². The molecular weight excluding hydrogens is 383 g/mol. The highest BCUT2D eigenvalue weighted by atomic mass is 19.1. The van der Waals surface area contributed by atoms with Crippen molar-refractivity contribution in [2.24, 2.45) is 13.0 Å². The van der Waals surface area contributed by atoms with Crippen molar-refractivity contribution in [2.75, 3.05) is 33.9 Å². The Hall–Kier alpha value is -2.25. The fourth-order valence-corrected chi connectivity index (χ4v) is 4.51. The lowest BCUT2D eigenvalue weighted by Crippen LogP contribution is -2.47. The Morgan fingerprint density at radius 1 is 1.30 bits per heavy atom. The van der Waals surface area contributed by atoms with E-state index in [-0.39, 0.29) is 24.4 Å². The number of methoxy groups -OCH3 is 1. The number of piperidine rings is 1. The first-order valence-corrected chi connectivity index (χ1v) is 10.6. The number of likely N-dealkylation sites (N-methyl/N-ethyl adjacent to an activating group) is 1. The fourth-order valence-electron chi connectivity index (χ4n) is 4.51. The zero-order valence-corrected chi connectivity index (χ0v) is 18.5. The third-order valence-corrected chi connectivity index (χ3v) is 6.19. The second kappa shape index (κ2) is 10.2. The number of aryl methyl sites for hydroxylation is 2. The summed E-state index contributed by atoms with van der Waals surface area (Å²) in [6.07, 6.45) is 4.52. The number of halogens is 1. The zero-order chi connectivity index (χ0) is 21.7.